The highest BCUT2D eigenvalue weighted by atomic mass is 16.2. The van der Waals surface area contributed by atoms with E-state index in [1.165, 1.54) is 16.8 Å². The molecule has 1 amide bonds. The topological polar surface area (TPSA) is 35.6 Å². The van der Waals surface area contributed by atoms with Gasteiger partial charge < -0.3 is 15.1 Å². The summed E-state index contributed by atoms with van der Waals surface area (Å²) in [4.78, 5) is 17.4. The van der Waals surface area contributed by atoms with Crippen LogP contribution < -0.4 is 10.2 Å². The average molecular weight is 364 g/mol. The molecule has 4 rings (SSSR count). The first-order valence-electron chi connectivity index (χ1n) is 9.95. The van der Waals surface area contributed by atoms with Crippen molar-refractivity contribution in [1.29, 1.82) is 0 Å². The van der Waals surface area contributed by atoms with Gasteiger partial charge in [0.2, 0.25) is 5.91 Å². The molecule has 2 aliphatic heterocycles. The molecule has 4 nitrogen and oxygen atoms in total. The van der Waals surface area contributed by atoms with Gasteiger partial charge in [0, 0.05) is 51.8 Å². The van der Waals surface area contributed by atoms with Crippen molar-refractivity contribution in [1.82, 2.24) is 10.2 Å². The van der Waals surface area contributed by atoms with E-state index in [0.717, 1.165) is 26.1 Å². The predicted molar refractivity (Wildman–Crippen MR) is 110 cm³/mol. The number of likely N-dealkylation sites (tertiary alicyclic amines) is 1. The lowest BCUT2D eigenvalue weighted by molar-refractivity contribution is -0.132. The molecule has 2 aromatic carbocycles. The van der Waals surface area contributed by atoms with Gasteiger partial charge in [0.25, 0.3) is 0 Å². The fourth-order valence-electron chi connectivity index (χ4n) is 4.61. The number of amides is 1. The molecular formula is C23H29N3O. The molecule has 0 saturated carbocycles. The monoisotopic (exact) mass is 363 g/mol. The minimum atomic E-state index is 0.217. The van der Waals surface area contributed by atoms with Gasteiger partial charge >= 0.3 is 0 Å². The van der Waals surface area contributed by atoms with E-state index in [9.17, 15) is 4.79 Å². The third-order valence-electron chi connectivity index (χ3n) is 6.11. The van der Waals surface area contributed by atoms with Crippen LogP contribution in [0.3, 0.4) is 0 Å². The number of benzene rings is 2. The van der Waals surface area contributed by atoms with Crippen LogP contribution in [0.5, 0.6) is 0 Å². The highest BCUT2D eigenvalue weighted by Crippen LogP contribution is 2.42. The number of anilines is 1. The molecule has 0 radical (unpaired) electrons. The van der Waals surface area contributed by atoms with Gasteiger partial charge in [-0.05, 0) is 35.6 Å². The van der Waals surface area contributed by atoms with Crippen molar-refractivity contribution in [2.45, 2.75) is 18.9 Å². The lowest BCUT2D eigenvalue weighted by Crippen LogP contribution is -2.34. The van der Waals surface area contributed by atoms with E-state index >= 15 is 0 Å². The Bertz CT molecular complexity index is 772. The Hall–Kier alpha value is -2.33. The molecule has 0 unspecified atom stereocenters. The third kappa shape index (κ3) is 3.72. The zero-order chi connectivity index (χ0) is 18.8. The normalized spacial score (nSPS) is 24.1. The second kappa shape index (κ2) is 7.73. The van der Waals surface area contributed by atoms with E-state index in [4.69, 9.17) is 0 Å². The van der Waals surface area contributed by atoms with Crippen molar-refractivity contribution in [2.75, 3.05) is 38.6 Å². The van der Waals surface area contributed by atoms with Crippen molar-refractivity contribution < 1.29 is 4.79 Å². The maximum absolute atomic E-state index is 13.1. The van der Waals surface area contributed by atoms with E-state index in [-0.39, 0.29) is 11.9 Å². The number of nitrogens with one attached hydrogen (secondary N) is 1. The second-order valence-corrected chi connectivity index (χ2v) is 8.04. The number of carbonyl (C=O) groups excluding carboxylic acids is 1. The van der Waals surface area contributed by atoms with Gasteiger partial charge in [-0.25, -0.2) is 0 Å². The predicted octanol–water partition coefficient (Wildman–Crippen LogP) is 3.10. The number of nitrogens with zero attached hydrogens (tertiary/aromatic N) is 2. The van der Waals surface area contributed by atoms with Crippen LogP contribution in [0.15, 0.2) is 54.6 Å². The van der Waals surface area contributed by atoms with Crippen molar-refractivity contribution in [2.24, 2.45) is 11.8 Å². The molecule has 1 N–H and O–H groups in total. The molecule has 4 heteroatoms. The highest BCUT2D eigenvalue weighted by molar-refractivity contribution is 5.77. The molecule has 142 valence electrons. The summed E-state index contributed by atoms with van der Waals surface area (Å²) in [5.41, 5.74) is 3.69. The maximum Gasteiger partial charge on any atom is 0.223 e. The first kappa shape index (κ1) is 18.1. The Morgan fingerprint density at radius 3 is 2.52 bits per heavy atom. The molecule has 27 heavy (non-hydrogen) atoms. The summed E-state index contributed by atoms with van der Waals surface area (Å²) in [6.45, 7) is 2.93. The van der Waals surface area contributed by atoms with E-state index in [1.807, 2.05) is 20.2 Å². The Morgan fingerprint density at radius 2 is 1.81 bits per heavy atom. The van der Waals surface area contributed by atoms with Gasteiger partial charge in [-0.1, -0.05) is 42.5 Å². The molecule has 2 saturated heterocycles. The van der Waals surface area contributed by atoms with Crippen LogP contribution in [0.4, 0.5) is 5.69 Å². The van der Waals surface area contributed by atoms with Gasteiger partial charge in [-0.15, -0.1) is 0 Å². The minimum absolute atomic E-state index is 0.217. The Balaban J connectivity index is 1.45. The second-order valence-electron chi connectivity index (χ2n) is 8.04. The maximum atomic E-state index is 13.1. The Morgan fingerprint density at radius 1 is 1.07 bits per heavy atom. The Kier molecular flexibility index (Phi) is 5.17. The number of hydrogen-bond acceptors (Lipinski definition) is 3. The van der Waals surface area contributed by atoms with Gasteiger partial charge in [0.1, 0.15) is 0 Å². The number of hydrogen-bond donors (Lipinski definition) is 1. The van der Waals surface area contributed by atoms with Gasteiger partial charge in [-0.2, -0.15) is 0 Å². The van der Waals surface area contributed by atoms with Crippen molar-refractivity contribution >= 4 is 11.6 Å². The van der Waals surface area contributed by atoms with Crippen molar-refractivity contribution in [3.05, 3.63) is 65.7 Å². The zero-order valence-electron chi connectivity index (χ0n) is 16.3. The summed E-state index contributed by atoms with van der Waals surface area (Å²) in [6, 6.07) is 19.3. The lowest BCUT2D eigenvalue weighted by Gasteiger charge is -2.28. The van der Waals surface area contributed by atoms with E-state index in [2.05, 4.69) is 63.6 Å². The molecular weight excluding hydrogens is 334 g/mol. The van der Waals surface area contributed by atoms with Crippen LogP contribution in [-0.2, 0) is 11.2 Å². The number of fused-ring (bicyclic) bond motifs is 1. The van der Waals surface area contributed by atoms with Gasteiger partial charge in [0.05, 0.1) is 6.04 Å². The van der Waals surface area contributed by atoms with Crippen molar-refractivity contribution in [3.63, 3.8) is 0 Å². The van der Waals surface area contributed by atoms with Crippen LogP contribution in [0.25, 0.3) is 0 Å². The number of rotatable bonds is 5. The number of carbonyl (C=O) groups is 1. The van der Waals surface area contributed by atoms with Gasteiger partial charge in [0.15, 0.2) is 0 Å². The molecule has 0 aromatic heterocycles. The van der Waals surface area contributed by atoms with Crippen LogP contribution in [0.2, 0.25) is 0 Å². The van der Waals surface area contributed by atoms with E-state index in [0.29, 0.717) is 18.3 Å². The molecule has 2 fully saturated rings. The van der Waals surface area contributed by atoms with E-state index in [1.54, 1.807) is 0 Å². The van der Waals surface area contributed by atoms with Crippen LogP contribution in [0, 0.1) is 11.8 Å². The summed E-state index contributed by atoms with van der Waals surface area (Å²) in [7, 11) is 4.09. The summed E-state index contributed by atoms with van der Waals surface area (Å²) in [5, 5.41) is 3.51. The standard InChI is InChI=1S/C23H29N3O/c1-25(2)20-11-8-17(9-12-20)10-13-22(27)26-16-19-14-24-15-21(19)23(26)18-6-4-3-5-7-18/h3-9,11-12,19,21,23-24H,10,13-16H2,1-2H3/t19-,21-,23+/m0/s1. The smallest absolute Gasteiger partial charge is 0.223 e. The molecule has 2 aromatic rings. The molecule has 2 heterocycles. The largest absolute Gasteiger partial charge is 0.378 e. The first-order valence-corrected chi connectivity index (χ1v) is 9.95. The lowest BCUT2D eigenvalue weighted by atomic mass is 9.89. The van der Waals surface area contributed by atoms with Crippen molar-refractivity contribution in [3.8, 4) is 0 Å². The SMILES string of the molecule is CN(C)c1ccc(CCC(=O)N2C[C@@H]3CNC[C@@H]3[C@H]2c2ccccc2)cc1. The summed E-state index contributed by atoms with van der Waals surface area (Å²) in [5.74, 6) is 1.41. The minimum Gasteiger partial charge on any atom is -0.378 e. The van der Waals surface area contributed by atoms with Crippen LogP contribution >= 0.6 is 0 Å². The molecule has 0 bridgehead atoms. The molecule has 3 atom stereocenters. The summed E-state index contributed by atoms with van der Waals surface area (Å²) in [6.07, 6.45) is 1.38. The van der Waals surface area contributed by atoms with Crippen LogP contribution in [-0.4, -0.2) is 44.5 Å². The fourth-order valence-corrected chi connectivity index (χ4v) is 4.61. The average Bonchev–Trinajstić information content (AvgIpc) is 3.28. The van der Waals surface area contributed by atoms with Crippen LogP contribution in [0.1, 0.15) is 23.6 Å². The Labute approximate surface area is 162 Å². The molecule has 2 aliphatic rings. The number of aryl methyl sites for hydroxylation is 1. The van der Waals surface area contributed by atoms with E-state index < -0.39 is 0 Å². The van der Waals surface area contributed by atoms with Gasteiger partial charge in [-0.3, -0.25) is 4.79 Å². The summed E-state index contributed by atoms with van der Waals surface area (Å²) >= 11 is 0. The quantitative estimate of drug-likeness (QED) is 0.887. The third-order valence-corrected chi connectivity index (χ3v) is 6.11. The zero-order valence-corrected chi connectivity index (χ0v) is 16.3. The summed E-state index contributed by atoms with van der Waals surface area (Å²) < 4.78 is 0. The highest BCUT2D eigenvalue weighted by Gasteiger charge is 2.46. The molecule has 0 spiro atoms. The molecule has 0 aliphatic carbocycles. The first-order chi connectivity index (χ1) is 13.1. The fraction of sp³-hybridized carbons (Fsp3) is 0.435.